The van der Waals surface area contributed by atoms with Gasteiger partial charge in [-0.05, 0) is 40.5 Å². The number of halogens is 2. The van der Waals surface area contributed by atoms with E-state index in [1.165, 1.54) is 0 Å². The van der Waals surface area contributed by atoms with Gasteiger partial charge in [0, 0.05) is 23.0 Å². The molecule has 0 saturated heterocycles. The van der Waals surface area contributed by atoms with Crippen molar-refractivity contribution in [2.75, 3.05) is 0 Å². The molecule has 0 spiro atoms. The number of carbonyl (C=O) groups is 1. The van der Waals surface area contributed by atoms with Gasteiger partial charge in [0.1, 0.15) is 0 Å². The summed E-state index contributed by atoms with van der Waals surface area (Å²) in [5, 5.41) is 9.91. The van der Waals surface area contributed by atoms with Gasteiger partial charge in [0.05, 0.1) is 15.7 Å². The van der Waals surface area contributed by atoms with Crippen LogP contribution in [0.25, 0.3) is 16.9 Å². The van der Waals surface area contributed by atoms with Crippen molar-refractivity contribution in [3.63, 3.8) is 0 Å². The number of aromatic nitrogens is 2. The van der Waals surface area contributed by atoms with E-state index in [0.29, 0.717) is 20.7 Å². The van der Waals surface area contributed by atoms with E-state index in [1.807, 2.05) is 28.8 Å². The Hall–Kier alpha value is -1.85. The molecule has 0 unspecified atom stereocenters. The minimum absolute atomic E-state index is 0.228. The number of aryl methyl sites for hydroxylation is 1. The molecule has 3 rings (SSSR count). The van der Waals surface area contributed by atoms with Crippen LogP contribution in [-0.4, -0.2) is 20.5 Å². The van der Waals surface area contributed by atoms with Crippen LogP contribution < -0.4 is 0 Å². The van der Waals surface area contributed by atoms with Gasteiger partial charge in [0.15, 0.2) is 5.65 Å². The van der Waals surface area contributed by atoms with E-state index in [1.54, 1.807) is 19.2 Å². The fourth-order valence-corrected chi connectivity index (χ4v) is 3.23. The number of fused-ring (bicyclic) bond motifs is 1. The van der Waals surface area contributed by atoms with Gasteiger partial charge in [-0.2, -0.15) is 0 Å². The Morgan fingerprint density at radius 3 is 2.81 bits per heavy atom. The Morgan fingerprint density at radius 1 is 1.38 bits per heavy atom. The molecule has 0 aliphatic carbocycles. The summed E-state index contributed by atoms with van der Waals surface area (Å²) < 4.78 is 2.28. The van der Waals surface area contributed by atoms with Gasteiger partial charge >= 0.3 is 5.97 Å². The lowest BCUT2D eigenvalue weighted by atomic mass is 10.1. The monoisotopic (exact) mass is 364 g/mol. The minimum atomic E-state index is -0.978. The van der Waals surface area contributed by atoms with Gasteiger partial charge < -0.3 is 9.51 Å². The van der Waals surface area contributed by atoms with Crippen molar-refractivity contribution in [2.45, 2.75) is 6.92 Å². The molecule has 0 aliphatic heterocycles. The first-order chi connectivity index (χ1) is 9.97. The number of hydrogen-bond acceptors (Lipinski definition) is 2. The molecular weight excluding hydrogens is 356 g/mol. The Bertz CT molecular complexity index is 873. The molecule has 0 aliphatic rings. The molecule has 0 radical (unpaired) electrons. The van der Waals surface area contributed by atoms with E-state index in [0.717, 1.165) is 11.3 Å². The molecule has 0 saturated carbocycles. The topological polar surface area (TPSA) is 54.6 Å². The highest BCUT2D eigenvalue weighted by Crippen LogP contribution is 2.29. The van der Waals surface area contributed by atoms with Crippen LogP contribution in [0.2, 0.25) is 5.02 Å². The van der Waals surface area contributed by atoms with Crippen molar-refractivity contribution in [2.24, 2.45) is 0 Å². The molecule has 0 fully saturated rings. The van der Waals surface area contributed by atoms with Gasteiger partial charge in [-0.25, -0.2) is 9.78 Å². The van der Waals surface area contributed by atoms with Gasteiger partial charge in [-0.3, -0.25) is 0 Å². The number of aromatic carboxylic acids is 1. The average molecular weight is 366 g/mol. The quantitative estimate of drug-likeness (QED) is 0.731. The fourth-order valence-electron chi connectivity index (χ4n) is 2.26. The highest BCUT2D eigenvalue weighted by molar-refractivity contribution is 9.10. The van der Waals surface area contributed by atoms with E-state index in [4.69, 9.17) is 11.6 Å². The first kappa shape index (κ1) is 14.1. The van der Waals surface area contributed by atoms with E-state index in [9.17, 15) is 9.90 Å². The van der Waals surface area contributed by atoms with Crippen molar-refractivity contribution < 1.29 is 9.90 Å². The van der Waals surface area contributed by atoms with Crippen molar-refractivity contribution in [1.29, 1.82) is 0 Å². The maximum Gasteiger partial charge on any atom is 0.337 e. The molecule has 3 aromatic rings. The smallest absolute Gasteiger partial charge is 0.337 e. The molecule has 1 aromatic carbocycles. The zero-order chi connectivity index (χ0) is 15.1. The zero-order valence-electron chi connectivity index (χ0n) is 11.0. The maximum absolute atomic E-state index is 11.3. The Balaban J connectivity index is 2.26. The lowest BCUT2D eigenvalue weighted by molar-refractivity contribution is 0.0695. The summed E-state index contributed by atoms with van der Waals surface area (Å²) in [4.78, 5) is 15.8. The molecule has 6 heteroatoms. The summed E-state index contributed by atoms with van der Waals surface area (Å²) >= 11 is 9.34. The van der Waals surface area contributed by atoms with E-state index < -0.39 is 5.97 Å². The third-order valence-electron chi connectivity index (χ3n) is 3.21. The van der Waals surface area contributed by atoms with Gasteiger partial charge in [0.2, 0.25) is 0 Å². The summed E-state index contributed by atoms with van der Waals surface area (Å²) in [5.74, 6) is -0.978. The molecule has 21 heavy (non-hydrogen) atoms. The third-order valence-corrected chi connectivity index (χ3v) is 4.20. The molecular formula is C15H10BrClN2O2. The highest BCUT2D eigenvalue weighted by Gasteiger charge is 2.17. The standard InChI is InChI=1S/C15H10BrClN2O2/c1-8-6-19-7-11(9-3-2-4-10(17)5-9)18-14(19)13(16)12(8)15(20)21/h2-7H,1H3,(H,20,21). The minimum Gasteiger partial charge on any atom is -0.478 e. The zero-order valence-corrected chi connectivity index (χ0v) is 13.3. The molecule has 106 valence electrons. The van der Waals surface area contributed by atoms with Crippen LogP contribution in [0.1, 0.15) is 15.9 Å². The Morgan fingerprint density at radius 2 is 2.14 bits per heavy atom. The van der Waals surface area contributed by atoms with E-state index in [-0.39, 0.29) is 5.56 Å². The van der Waals surface area contributed by atoms with Crippen LogP contribution in [0.4, 0.5) is 0 Å². The van der Waals surface area contributed by atoms with E-state index in [2.05, 4.69) is 20.9 Å². The van der Waals surface area contributed by atoms with Crippen LogP contribution in [0.3, 0.4) is 0 Å². The number of rotatable bonds is 2. The number of carboxylic acid groups (broad SMARTS) is 1. The first-order valence-electron chi connectivity index (χ1n) is 6.14. The molecule has 2 aromatic heterocycles. The van der Waals surface area contributed by atoms with Crippen molar-refractivity contribution in [3.05, 3.63) is 57.3 Å². The lowest BCUT2D eigenvalue weighted by Gasteiger charge is -2.05. The molecule has 4 nitrogen and oxygen atoms in total. The number of benzene rings is 1. The van der Waals surface area contributed by atoms with Gasteiger partial charge in [-0.1, -0.05) is 23.7 Å². The summed E-state index contributed by atoms with van der Waals surface area (Å²) in [6.45, 7) is 1.76. The fraction of sp³-hybridized carbons (Fsp3) is 0.0667. The Kier molecular flexibility index (Phi) is 3.47. The summed E-state index contributed by atoms with van der Waals surface area (Å²) in [5.41, 5.74) is 3.07. The van der Waals surface area contributed by atoms with Crippen molar-refractivity contribution >= 4 is 39.1 Å². The van der Waals surface area contributed by atoms with Gasteiger partial charge in [-0.15, -0.1) is 0 Å². The molecule has 0 atom stereocenters. The van der Waals surface area contributed by atoms with Crippen LogP contribution >= 0.6 is 27.5 Å². The third kappa shape index (κ3) is 2.43. The van der Waals surface area contributed by atoms with Crippen LogP contribution in [0, 0.1) is 6.92 Å². The van der Waals surface area contributed by atoms with Crippen molar-refractivity contribution in [3.8, 4) is 11.3 Å². The lowest BCUT2D eigenvalue weighted by Crippen LogP contribution is -2.03. The van der Waals surface area contributed by atoms with Crippen molar-refractivity contribution in [1.82, 2.24) is 9.38 Å². The number of nitrogens with zero attached hydrogens (tertiary/aromatic N) is 2. The highest BCUT2D eigenvalue weighted by atomic mass is 79.9. The maximum atomic E-state index is 11.3. The Labute approximate surface area is 134 Å². The molecule has 2 heterocycles. The number of pyridine rings is 1. The predicted molar refractivity (Wildman–Crippen MR) is 85.0 cm³/mol. The summed E-state index contributed by atoms with van der Waals surface area (Å²) in [7, 11) is 0. The first-order valence-corrected chi connectivity index (χ1v) is 7.31. The predicted octanol–water partition coefficient (Wildman–Crippen LogP) is 4.42. The number of hydrogen-bond donors (Lipinski definition) is 1. The normalized spacial score (nSPS) is 11.0. The summed E-state index contributed by atoms with van der Waals surface area (Å²) in [6.07, 6.45) is 3.61. The molecule has 0 amide bonds. The SMILES string of the molecule is Cc1cn2cc(-c3cccc(Cl)c3)nc2c(Br)c1C(=O)O. The molecule has 0 bridgehead atoms. The second kappa shape index (κ2) is 5.16. The van der Waals surface area contributed by atoms with E-state index >= 15 is 0 Å². The van der Waals surface area contributed by atoms with Gasteiger partial charge in [0.25, 0.3) is 0 Å². The largest absolute Gasteiger partial charge is 0.478 e. The van der Waals surface area contributed by atoms with Crippen LogP contribution in [-0.2, 0) is 0 Å². The van der Waals surface area contributed by atoms with Crippen LogP contribution in [0.5, 0.6) is 0 Å². The molecule has 1 N–H and O–H groups in total. The second-order valence-corrected chi connectivity index (χ2v) is 5.90. The second-order valence-electron chi connectivity index (χ2n) is 4.67. The average Bonchev–Trinajstić information content (AvgIpc) is 2.82. The number of imidazole rings is 1. The number of carboxylic acids is 1. The van der Waals surface area contributed by atoms with Crippen LogP contribution in [0.15, 0.2) is 41.1 Å². The summed E-state index contributed by atoms with van der Waals surface area (Å²) in [6, 6.07) is 7.38.